The lowest BCUT2D eigenvalue weighted by atomic mass is 10.1. The summed E-state index contributed by atoms with van der Waals surface area (Å²) < 4.78 is 17.2. The number of hydrogen-bond donors (Lipinski definition) is 1. The minimum Gasteiger partial charge on any atom is -0.493 e. The van der Waals surface area contributed by atoms with E-state index in [1.54, 1.807) is 25.3 Å². The third-order valence-electron chi connectivity index (χ3n) is 5.54. The topological polar surface area (TPSA) is 96.6 Å². The van der Waals surface area contributed by atoms with Gasteiger partial charge in [0.1, 0.15) is 24.0 Å². The molecule has 0 saturated heterocycles. The fraction of sp³-hybridized carbons (Fsp3) is 0.333. The van der Waals surface area contributed by atoms with Crippen LogP contribution in [0.15, 0.2) is 52.1 Å². The van der Waals surface area contributed by atoms with E-state index in [1.807, 2.05) is 32.0 Å². The number of rotatable bonds is 10. The molecule has 0 unspecified atom stereocenters. The van der Waals surface area contributed by atoms with Gasteiger partial charge in [0.05, 0.1) is 12.7 Å². The third kappa shape index (κ3) is 5.96. The summed E-state index contributed by atoms with van der Waals surface area (Å²) in [5.74, 6) is 1.47. The van der Waals surface area contributed by atoms with Crippen molar-refractivity contribution in [2.24, 2.45) is 10.1 Å². The fourth-order valence-electron chi connectivity index (χ4n) is 3.85. The number of fused-ring (bicyclic) bond motifs is 1. The SMILES string of the molecule is CCCCC1=NN2C(=N)/C(=C\c3ccc(OCCOc4cc(C)cc(C)c4)c(OC)c3)C(=O)N=C2S1. The molecule has 0 fully saturated rings. The maximum atomic E-state index is 12.7. The Kier molecular flexibility index (Phi) is 8.10. The number of carbonyl (C=O) groups is 1. The number of ether oxygens (including phenoxy) is 3. The summed E-state index contributed by atoms with van der Waals surface area (Å²) >= 11 is 1.36. The summed E-state index contributed by atoms with van der Waals surface area (Å²) in [6.07, 6.45) is 4.49. The van der Waals surface area contributed by atoms with Crippen molar-refractivity contribution in [3.05, 3.63) is 58.7 Å². The van der Waals surface area contributed by atoms with Gasteiger partial charge < -0.3 is 14.2 Å². The lowest BCUT2D eigenvalue weighted by Gasteiger charge is -2.20. The van der Waals surface area contributed by atoms with E-state index in [-0.39, 0.29) is 11.4 Å². The van der Waals surface area contributed by atoms with Gasteiger partial charge in [-0.05, 0) is 85.5 Å². The molecule has 0 bridgehead atoms. The predicted octanol–water partition coefficient (Wildman–Crippen LogP) is 5.58. The fourth-order valence-corrected chi connectivity index (χ4v) is 4.77. The van der Waals surface area contributed by atoms with Crippen molar-refractivity contribution in [1.82, 2.24) is 5.01 Å². The molecule has 0 aromatic heterocycles. The zero-order chi connectivity index (χ0) is 25.7. The number of methoxy groups -OCH3 is 1. The van der Waals surface area contributed by atoms with Gasteiger partial charge in [0.2, 0.25) is 5.17 Å². The van der Waals surface area contributed by atoms with Gasteiger partial charge in [-0.1, -0.05) is 25.5 Å². The van der Waals surface area contributed by atoms with E-state index in [9.17, 15) is 4.79 Å². The maximum absolute atomic E-state index is 12.7. The second-order valence-electron chi connectivity index (χ2n) is 8.55. The van der Waals surface area contributed by atoms with E-state index in [0.29, 0.717) is 35.4 Å². The molecule has 1 N–H and O–H groups in total. The summed E-state index contributed by atoms with van der Waals surface area (Å²) in [6.45, 7) is 6.91. The monoisotopic (exact) mass is 506 g/mol. The summed E-state index contributed by atoms with van der Waals surface area (Å²) in [5.41, 5.74) is 3.17. The van der Waals surface area contributed by atoms with E-state index < -0.39 is 5.91 Å². The van der Waals surface area contributed by atoms with Crippen LogP contribution in [0.4, 0.5) is 0 Å². The number of nitrogens with one attached hydrogen (secondary N) is 1. The number of nitrogens with zero attached hydrogens (tertiary/aromatic N) is 3. The van der Waals surface area contributed by atoms with Crippen LogP contribution in [0.1, 0.15) is 42.9 Å². The lowest BCUT2D eigenvalue weighted by molar-refractivity contribution is -0.114. The lowest BCUT2D eigenvalue weighted by Crippen LogP contribution is -2.35. The van der Waals surface area contributed by atoms with Gasteiger partial charge >= 0.3 is 0 Å². The first kappa shape index (κ1) is 25.5. The van der Waals surface area contributed by atoms with Crippen LogP contribution < -0.4 is 14.2 Å². The number of aryl methyl sites for hydroxylation is 2. The van der Waals surface area contributed by atoms with Crippen molar-refractivity contribution < 1.29 is 19.0 Å². The first-order valence-corrected chi connectivity index (χ1v) is 12.7. The highest BCUT2D eigenvalue weighted by Crippen LogP contribution is 2.32. The smallest absolute Gasteiger partial charge is 0.283 e. The van der Waals surface area contributed by atoms with E-state index in [2.05, 4.69) is 23.1 Å². The molecule has 0 radical (unpaired) electrons. The standard InChI is InChI=1S/C27H30N4O4S/c1-5-6-7-24-30-31-25(28)21(26(32)29-27(31)36-24)15-19-8-9-22(23(16-19)33-4)35-11-10-34-20-13-17(2)12-18(3)14-20/h8-9,12-16,28H,5-7,10-11H2,1-4H3/b21-15+,28-25?. The predicted molar refractivity (Wildman–Crippen MR) is 144 cm³/mol. The minimum atomic E-state index is -0.450. The van der Waals surface area contributed by atoms with Gasteiger partial charge in [-0.25, -0.2) is 0 Å². The Bertz CT molecular complexity index is 1250. The number of thioether (sulfide) groups is 1. The third-order valence-corrected chi connectivity index (χ3v) is 6.51. The van der Waals surface area contributed by atoms with Crippen LogP contribution in [-0.4, -0.2) is 47.3 Å². The van der Waals surface area contributed by atoms with Crippen molar-refractivity contribution in [3.63, 3.8) is 0 Å². The summed E-state index contributed by atoms with van der Waals surface area (Å²) in [5, 5.41) is 15.8. The van der Waals surface area contributed by atoms with E-state index in [0.717, 1.165) is 41.2 Å². The number of hydrogen-bond acceptors (Lipinski definition) is 7. The van der Waals surface area contributed by atoms with E-state index in [1.165, 1.54) is 16.8 Å². The van der Waals surface area contributed by atoms with Crippen molar-refractivity contribution in [3.8, 4) is 17.2 Å². The van der Waals surface area contributed by atoms with Gasteiger partial charge in [-0.3, -0.25) is 10.2 Å². The molecule has 36 heavy (non-hydrogen) atoms. The van der Waals surface area contributed by atoms with Crippen LogP contribution >= 0.6 is 11.8 Å². The molecule has 0 saturated carbocycles. The maximum Gasteiger partial charge on any atom is 0.283 e. The molecule has 2 aliphatic rings. The highest BCUT2D eigenvalue weighted by molar-refractivity contribution is 8.26. The molecule has 0 atom stereocenters. The Hall–Kier alpha value is -3.59. The number of amides is 1. The van der Waals surface area contributed by atoms with Crippen molar-refractivity contribution in [1.29, 1.82) is 5.41 Å². The van der Waals surface area contributed by atoms with Crippen LogP contribution in [0.25, 0.3) is 6.08 Å². The largest absolute Gasteiger partial charge is 0.493 e. The molecule has 2 heterocycles. The Labute approximate surface area is 215 Å². The number of carbonyl (C=O) groups excluding carboxylic acids is 1. The Morgan fingerprint density at radius 1 is 1.06 bits per heavy atom. The van der Waals surface area contributed by atoms with Crippen LogP contribution in [-0.2, 0) is 4.79 Å². The Balaban J connectivity index is 1.42. The van der Waals surface area contributed by atoms with Gasteiger partial charge in [0, 0.05) is 0 Å². The molecular formula is C27H30N4O4S. The van der Waals surface area contributed by atoms with Crippen LogP contribution in [0.5, 0.6) is 17.2 Å². The Morgan fingerprint density at radius 2 is 1.81 bits per heavy atom. The second-order valence-corrected chi connectivity index (χ2v) is 9.59. The molecule has 4 rings (SSSR count). The van der Waals surface area contributed by atoms with Gasteiger partial charge in [-0.15, -0.1) is 0 Å². The number of benzene rings is 2. The van der Waals surface area contributed by atoms with Crippen LogP contribution in [0.2, 0.25) is 0 Å². The first-order valence-electron chi connectivity index (χ1n) is 11.9. The Morgan fingerprint density at radius 3 is 2.53 bits per heavy atom. The van der Waals surface area contributed by atoms with Crippen molar-refractivity contribution in [2.45, 2.75) is 40.0 Å². The highest BCUT2D eigenvalue weighted by atomic mass is 32.2. The van der Waals surface area contributed by atoms with Gasteiger partial charge in [0.15, 0.2) is 17.3 Å². The molecule has 2 aromatic carbocycles. The first-order chi connectivity index (χ1) is 17.4. The molecule has 0 aliphatic carbocycles. The van der Waals surface area contributed by atoms with Crippen LogP contribution in [0.3, 0.4) is 0 Å². The quantitative estimate of drug-likeness (QED) is 0.334. The molecule has 1 amide bonds. The molecule has 9 heteroatoms. The van der Waals surface area contributed by atoms with Crippen LogP contribution in [0, 0.1) is 19.3 Å². The van der Waals surface area contributed by atoms with E-state index >= 15 is 0 Å². The zero-order valence-electron chi connectivity index (χ0n) is 21.0. The van der Waals surface area contributed by atoms with Gasteiger partial charge in [-0.2, -0.15) is 15.1 Å². The summed E-state index contributed by atoms with van der Waals surface area (Å²) in [6, 6.07) is 11.4. The molecule has 2 aromatic rings. The molecule has 2 aliphatic heterocycles. The second kappa shape index (κ2) is 11.4. The average Bonchev–Trinajstić information content (AvgIpc) is 3.25. The van der Waals surface area contributed by atoms with Gasteiger partial charge in [0.25, 0.3) is 5.91 Å². The molecular weight excluding hydrogens is 476 g/mol. The molecule has 8 nitrogen and oxygen atoms in total. The minimum absolute atomic E-state index is 0.0202. The number of hydrazone groups is 1. The van der Waals surface area contributed by atoms with Crippen molar-refractivity contribution >= 4 is 39.8 Å². The number of amidine groups is 2. The molecule has 0 spiro atoms. The summed E-state index contributed by atoms with van der Waals surface area (Å²) in [4.78, 5) is 16.8. The normalized spacial score (nSPS) is 16.1. The number of aliphatic imine (C=N–C) groups is 1. The average molecular weight is 507 g/mol. The highest BCUT2D eigenvalue weighted by Gasteiger charge is 2.35. The summed E-state index contributed by atoms with van der Waals surface area (Å²) in [7, 11) is 1.56. The van der Waals surface area contributed by atoms with Crippen molar-refractivity contribution in [2.75, 3.05) is 20.3 Å². The van der Waals surface area contributed by atoms with E-state index in [4.69, 9.17) is 19.6 Å². The zero-order valence-corrected chi connectivity index (χ0v) is 21.8. The number of unbranched alkanes of at least 4 members (excludes halogenated alkanes) is 1. The molecule has 188 valence electrons.